The van der Waals surface area contributed by atoms with Crippen LogP contribution in [0.1, 0.15) is 20.2 Å². The topological polar surface area (TPSA) is 103 Å². The molecule has 0 atom stereocenters. The fraction of sp³-hybridized carbons (Fsp3) is 0.0588. The molecular formula is C17H11NO6S. The summed E-state index contributed by atoms with van der Waals surface area (Å²) in [5, 5.41) is 4.12. The first kappa shape index (κ1) is 16.6. The SMILES string of the molecule is O=C(COC(=O)c1cc(=O)c2ccccc2o1)NC(=O)c1cccs1. The molecule has 0 bridgehead atoms. The number of fused-ring (bicyclic) bond motifs is 1. The highest BCUT2D eigenvalue weighted by atomic mass is 32.1. The third kappa shape index (κ3) is 3.81. The summed E-state index contributed by atoms with van der Waals surface area (Å²) >= 11 is 1.18. The normalized spacial score (nSPS) is 10.4. The largest absolute Gasteiger partial charge is 0.450 e. The lowest BCUT2D eigenvalue weighted by Gasteiger charge is -2.05. The Morgan fingerprint density at radius 1 is 1.12 bits per heavy atom. The van der Waals surface area contributed by atoms with Gasteiger partial charge < -0.3 is 9.15 Å². The molecule has 0 aliphatic carbocycles. The Bertz CT molecular complexity index is 1010. The van der Waals surface area contributed by atoms with Gasteiger partial charge in [0, 0.05) is 6.07 Å². The molecule has 0 unspecified atom stereocenters. The van der Waals surface area contributed by atoms with E-state index in [4.69, 9.17) is 9.15 Å². The van der Waals surface area contributed by atoms with Crippen LogP contribution in [-0.4, -0.2) is 24.4 Å². The highest BCUT2D eigenvalue weighted by molar-refractivity contribution is 7.12. The van der Waals surface area contributed by atoms with E-state index in [1.807, 2.05) is 0 Å². The lowest BCUT2D eigenvalue weighted by molar-refractivity contribution is -0.123. The molecule has 126 valence electrons. The van der Waals surface area contributed by atoms with Gasteiger partial charge in [-0.05, 0) is 23.6 Å². The van der Waals surface area contributed by atoms with Crippen molar-refractivity contribution < 1.29 is 23.5 Å². The van der Waals surface area contributed by atoms with Crippen LogP contribution in [0.15, 0.2) is 57.1 Å². The van der Waals surface area contributed by atoms with E-state index in [1.54, 1.807) is 41.8 Å². The van der Waals surface area contributed by atoms with Gasteiger partial charge in [0.2, 0.25) is 5.76 Å². The second-order valence-electron chi connectivity index (χ2n) is 4.90. The fourth-order valence-electron chi connectivity index (χ4n) is 2.04. The number of carbonyl (C=O) groups excluding carboxylic acids is 3. The van der Waals surface area contributed by atoms with Gasteiger partial charge in [-0.15, -0.1) is 11.3 Å². The van der Waals surface area contributed by atoms with Crippen molar-refractivity contribution in [2.75, 3.05) is 6.61 Å². The monoisotopic (exact) mass is 357 g/mol. The zero-order valence-electron chi connectivity index (χ0n) is 12.7. The maximum absolute atomic E-state index is 11.9. The Balaban J connectivity index is 1.63. The molecular weight excluding hydrogens is 346 g/mol. The summed E-state index contributed by atoms with van der Waals surface area (Å²) in [7, 11) is 0. The Labute approximate surface area is 144 Å². The molecule has 0 saturated carbocycles. The van der Waals surface area contributed by atoms with Gasteiger partial charge in [0.25, 0.3) is 11.8 Å². The number of thiophene rings is 1. The molecule has 2 heterocycles. The first-order valence-electron chi connectivity index (χ1n) is 7.12. The number of ether oxygens (including phenoxy) is 1. The van der Waals surface area contributed by atoms with Crippen LogP contribution in [0.3, 0.4) is 0 Å². The molecule has 25 heavy (non-hydrogen) atoms. The summed E-state index contributed by atoms with van der Waals surface area (Å²) in [6.07, 6.45) is 0. The first-order chi connectivity index (χ1) is 12.0. The maximum atomic E-state index is 11.9. The van der Waals surface area contributed by atoms with Gasteiger partial charge in [-0.3, -0.25) is 19.7 Å². The van der Waals surface area contributed by atoms with Crippen molar-refractivity contribution in [1.82, 2.24) is 5.32 Å². The van der Waals surface area contributed by atoms with Gasteiger partial charge in [-0.1, -0.05) is 18.2 Å². The summed E-state index contributed by atoms with van der Waals surface area (Å²) in [5.41, 5.74) is -0.162. The average molecular weight is 357 g/mol. The van der Waals surface area contributed by atoms with Crippen LogP contribution in [0.5, 0.6) is 0 Å². The molecule has 3 aromatic rings. The van der Waals surface area contributed by atoms with Crippen molar-refractivity contribution in [3.8, 4) is 0 Å². The minimum absolute atomic E-state index is 0.235. The van der Waals surface area contributed by atoms with E-state index >= 15 is 0 Å². The van der Waals surface area contributed by atoms with E-state index in [2.05, 4.69) is 5.32 Å². The Kier molecular flexibility index (Phi) is 4.71. The van der Waals surface area contributed by atoms with E-state index in [9.17, 15) is 19.2 Å². The lowest BCUT2D eigenvalue weighted by atomic mass is 10.2. The number of hydrogen-bond donors (Lipinski definition) is 1. The molecule has 1 N–H and O–H groups in total. The number of imide groups is 1. The fourth-order valence-corrected chi connectivity index (χ4v) is 2.66. The van der Waals surface area contributed by atoms with Crippen molar-refractivity contribution in [3.63, 3.8) is 0 Å². The number of rotatable bonds is 4. The number of esters is 1. The molecule has 1 aromatic carbocycles. The van der Waals surface area contributed by atoms with E-state index in [-0.39, 0.29) is 11.3 Å². The highest BCUT2D eigenvalue weighted by Crippen LogP contribution is 2.12. The minimum Gasteiger partial charge on any atom is -0.450 e. The quantitative estimate of drug-likeness (QED) is 0.716. The van der Waals surface area contributed by atoms with Gasteiger partial charge in [-0.25, -0.2) is 4.79 Å². The number of para-hydroxylation sites is 1. The van der Waals surface area contributed by atoms with Crippen molar-refractivity contribution in [1.29, 1.82) is 0 Å². The summed E-state index contributed by atoms with van der Waals surface area (Å²) in [4.78, 5) is 47.6. The highest BCUT2D eigenvalue weighted by Gasteiger charge is 2.17. The smallest absolute Gasteiger partial charge is 0.374 e. The zero-order chi connectivity index (χ0) is 17.8. The van der Waals surface area contributed by atoms with Gasteiger partial charge in [0.1, 0.15) is 5.58 Å². The first-order valence-corrected chi connectivity index (χ1v) is 8.00. The average Bonchev–Trinajstić information content (AvgIpc) is 3.14. The zero-order valence-corrected chi connectivity index (χ0v) is 13.5. The molecule has 0 spiro atoms. The van der Waals surface area contributed by atoms with Crippen LogP contribution in [0.2, 0.25) is 0 Å². The van der Waals surface area contributed by atoms with E-state index in [0.717, 1.165) is 6.07 Å². The van der Waals surface area contributed by atoms with Crippen LogP contribution in [0.4, 0.5) is 0 Å². The maximum Gasteiger partial charge on any atom is 0.374 e. The molecule has 7 nitrogen and oxygen atoms in total. The molecule has 0 saturated heterocycles. The van der Waals surface area contributed by atoms with Crippen molar-refractivity contribution >= 4 is 40.1 Å². The summed E-state index contributed by atoms with van der Waals surface area (Å²) < 4.78 is 10.1. The van der Waals surface area contributed by atoms with E-state index < -0.39 is 29.8 Å². The number of amides is 2. The lowest BCUT2D eigenvalue weighted by Crippen LogP contribution is -2.33. The van der Waals surface area contributed by atoms with Gasteiger partial charge in [0.15, 0.2) is 12.0 Å². The molecule has 8 heteroatoms. The van der Waals surface area contributed by atoms with E-state index in [1.165, 1.54) is 11.3 Å². The van der Waals surface area contributed by atoms with E-state index in [0.29, 0.717) is 10.3 Å². The molecule has 0 aliphatic rings. The molecule has 3 rings (SSSR count). The third-order valence-electron chi connectivity index (χ3n) is 3.17. The van der Waals surface area contributed by atoms with Crippen molar-refractivity contribution in [3.05, 3.63) is 68.7 Å². The number of carbonyl (C=O) groups is 3. The van der Waals surface area contributed by atoms with Crippen LogP contribution < -0.4 is 10.7 Å². The Hall–Kier alpha value is -3.26. The standard InChI is InChI=1S/C17H11NO6S/c19-11-8-13(24-12-5-2-1-4-10(11)12)17(22)23-9-15(20)18-16(21)14-6-3-7-25-14/h1-8H,9H2,(H,18,20,21). The van der Waals surface area contributed by atoms with Crippen molar-refractivity contribution in [2.24, 2.45) is 0 Å². The van der Waals surface area contributed by atoms with Crippen LogP contribution in [0.25, 0.3) is 11.0 Å². The Morgan fingerprint density at radius 2 is 1.92 bits per heavy atom. The molecule has 0 aliphatic heterocycles. The summed E-state index contributed by atoms with van der Waals surface area (Å²) in [6, 6.07) is 10.7. The summed E-state index contributed by atoms with van der Waals surface area (Å²) in [5.74, 6) is -2.65. The minimum atomic E-state index is -0.971. The molecule has 2 aromatic heterocycles. The predicted octanol–water partition coefficient (Wildman–Crippen LogP) is 1.97. The molecule has 0 radical (unpaired) electrons. The molecule has 0 fully saturated rings. The number of benzene rings is 1. The second-order valence-corrected chi connectivity index (χ2v) is 5.85. The van der Waals surface area contributed by atoms with Crippen molar-refractivity contribution in [2.45, 2.75) is 0 Å². The number of hydrogen-bond acceptors (Lipinski definition) is 7. The Morgan fingerprint density at radius 3 is 2.68 bits per heavy atom. The third-order valence-corrected chi connectivity index (χ3v) is 4.04. The van der Waals surface area contributed by atoms with Crippen LogP contribution in [-0.2, 0) is 9.53 Å². The second kappa shape index (κ2) is 7.10. The van der Waals surface area contributed by atoms with Gasteiger partial charge in [-0.2, -0.15) is 0 Å². The van der Waals surface area contributed by atoms with Crippen LogP contribution in [0, 0.1) is 0 Å². The predicted molar refractivity (Wildman–Crippen MR) is 89.6 cm³/mol. The van der Waals surface area contributed by atoms with Crippen LogP contribution >= 0.6 is 11.3 Å². The van der Waals surface area contributed by atoms with Gasteiger partial charge >= 0.3 is 5.97 Å². The summed E-state index contributed by atoms with van der Waals surface area (Å²) in [6.45, 7) is -0.674. The molecule has 2 amide bonds. The van der Waals surface area contributed by atoms with Gasteiger partial charge in [0.05, 0.1) is 10.3 Å². The number of nitrogens with one attached hydrogen (secondary N) is 1.